The monoisotopic (exact) mass is 385 g/mol. The summed E-state index contributed by atoms with van der Waals surface area (Å²) in [7, 11) is 0. The molecule has 1 aliphatic carbocycles. The molecule has 150 valence electrons. The highest BCUT2D eigenvalue weighted by Gasteiger charge is 2.20. The van der Waals surface area contributed by atoms with E-state index >= 15 is 0 Å². The number of hydrogen-bond acceptors (Lipinski definition) is 5. The zero-order valence-electron chi connectivity index (χ0n) is 16.0. The third-order valence-electron chi connectivity index (χ3n) is 5.43. The minimum Gasteiger partial charge on any atom is -0.490 e. The lowest BCUT2D eigenvalue weighted by Crippen LogP contribution is -2.42. The van der Waals surface area contributed by atoms with Crippen molar-refractivity contribution in [2.45, 2.75) is 44.9 Å². The van der Waals surface area contributed by atoms with Gasteiger partial charge in [0.25, 0.3) is 0 Å². The van der Waals surface area contributed by atoms with Crippen LogP contribution in [-0.4, -0.2) is 58.1 Å². The Hall–Kier alpha value is -2.38. The molecule has 1 aliphatic heterocycles. The van der Waals surface area contributed by atoms with Gasteiger partial charge in [-0.2, -0.15) is 5.10 Å². The van der Waals surface area contributed by atoms with Gasteiger partial charge in [-0.25, -0.2) is 0 Å². The topological polar surface area (TPSA) is 76.8 Å². The van der Waals surface area contributed by atoms with Crippen molar-refractivity contribution >= 4 is 5.91 Å². The molecule has 0 unspecified atom stereocenters. The van der Waals surface area contributed by atoms with E-state index in [4.69, 9.17) is 9.47 Å². The number of morpholine rings is 1. The third kappa shape index (κ3) is 4.36. The molecule has 2 heterocycles. The molecule has 4 rings (SSSR count). The van der Waals surface area contributed by atoms with Crippen molar-refractivity contribution < 1.29 is 19.4 Å². The van der Waals surface area contributed by atoms with E-state index in [9.17, 15) is 9.90 Å². The molecule has 0 atom stereocenters. The van der Waals surface area contributed by atoms with E-state index in [1.165, 1.54) is 12.8 Å². The molecule has 1 aromatic carbocycles. The first-order valence-electron chi connectivity index (χ1n) is 10.0. The molecule has 1 saturated carbocycles. The summed E-state index contributed by atoms with van der Waals surface area (Å²) in [5.74, 6) is 0.782. The van der Waals surface area contributed by atoms with E-state index in [2.05, 4.69) is 5.10 Å². The highest BCUT2D eigenvalue weighted by Crippen LogP contribution is 2.30. The summed E-state index contributed by atoms with van der Waals surface area (Å²) in [5, 5.41) is 14.2. The summed E-state index contributed by atoms with van der Waals surface area (Å²) in [4.78, 5) is 14.2. The molecule has 2 aromatic rings. The van der Waals surface area contributed by atoms with E-state index in [0.29, 0.717) is 26.3 Å². The number of carbonyl (C=O) groups is 1. The average molecular weight is 385 g/mol. The van der Waals surface area contributed by atoms with E-state index < -0.39 is 0 Å². The molecule has 1 amide bonds. The predicted octanol–water partition coefficient (Wildman–Crippen LogP) is 2.22. The maximum absolute atomic E-state index is 12.4. The number of hydrogen-bond donors (Lipinski definition) is 1. The van der Waals surface area contributed by atoms with Crippen molar-refractivity contribution in [2.75, 3.05) is 26.3 Å². The molecule has 1 aromatic heterocycles. The largest absolute Gasteiger partial charge is 0.490 e. The lowest BCUT2D eigenvalue weighted by Gasteiger charge is -2.26. The van der Waals surface area contributed by atoms with Crippen molar-refractivity contribution in [1.82, 2.24) is 14.7 Å². The number of nitrogens with zero attached hydrogens (tertiary/aromatic N) is 3. The van der Waals surface area contributed by atoms with Gasteiger partial charge in [0.15, 0.2) is 0 Å². The minimum atomic E-state index is -0.0508. The lowest BCUT2D eigenvalue weighted by atomic mass is 10.1. The Balaban J connectivity index is 1.47. The van der Waals surface area contributed by atoms with Crippen LogP contribution in [0.15, 0.2) is 30.5 Å². The highest BCUT2D eigenvalue weighted by atomic mass is 16.5. The smallest absolute Gasteiger partial charge is 0.244 e. The molecule has 2 fully saturated rings. The fourth-order valence-corrected chi connectivity index (χ4v) is 3.80. The Morgan fingerprint density at radius 2 is 2.00 bits per heavy atom. The molecule has 1 saturated heterocycles. The molecule has 0 radical (unpaired) electrons. The molecule has 1 N–H and O–H groups in total. The standard InChI is InChI=1S/C21H27N3O4/c25-15-17-6-5-16(13-20(17)28-18-3-1-2-4-18)19-7-8-24(22-19)14-21(26)23-9-11-27-12-10-23/h5-8,13,18,25H,1-4,9-12,14-15H2. The number of aliphatic hydroxyl groups is 1. The molecular weight excluding hydrogens is 358 g/mol. The van der Waals surface area contributed by atoms with Gasteiger partial charge in [-0.05, 0) is 37.8 Å². The maximum Gasteiger partial charge on any atom is 0.244 e. The second-order valence-corrected chi connectivity index (χ2v) is 7.40. The van der Waals surface area contributed by atoms with Crippen molar-refractivity contribution in [1.29, 1.82) is 0 Å². The van der Waals surface area contributed by atoms with Crippen LogP contribution < -0.4 is 4.74 Å². The number of carbonyl (C=O) groups excluding carboxylic acids is 1. The minimum absolute atomic E-state index is 0.0508. The molecule has 0 bridgehead atoms. The fourth-order valence-electron chi connectivity index (χ4n) is 3.80. The first kappa shape index (κ1) is 19.0. The van der Waals surface area contributed by atoms with Gasteiger partial charge in [0.05, 0.1) is 31.6 Å². The number of ether oxygens (including phenoxy) is 2. The number of aromatic nitrogens is 2. The summed E-state index contributed by atoms with van der Waals surface area (Å²) in [6.45, 7) is 2.63. The Bertz CT molecular complexity index is 808. The Kier molecular flexibility index (Phi) is 5.92. The molecule has 7 heteroatoms. The van der Waals surface area contributed by atoms with Crippen LogP contribution in [-0.2, 0) is 22.7 Å². The summed E-state index contributed by atoms with van der Waals surface area (Å²) < 4.78 is 13.1. The van der Waals surface area contributed by atoms with Gasteiger partial charge in [0.2, 0.25) is 5.91 Å². The van der Waals surface area contributed by atoms with Crippen LogP contribution in [0.5, 0.6) is 5.75 Å². The number of benzene rings is 1. The quantitative estimate of drug-likeness (QED) is 0.825. The normalized spacial score (nSPS) is 17.8. The summed E-state index contributed by atoms with van der Waals surface area (Å²) >= 11 is 0. The van der Waals surface area contributed by atoms with E-state index in [1.807, 2.05) is 35.4 Å². The lowest BCUT2D eigenvalue weighted by molar-refractivity contribution is -0.136. The Labute approximate surface area is 164 Å². The SMILES string of the molecule is O=C(Cn1ccc(-c2ccc(CO)c(OC3CCCC3)c2)n1)N1CCOCC1. The highest BCUT2D eigenvalue weighted by molar-refractivity contribution is 5.76. The summed E-state index contributed by atoms with van der Waals surface area (Å²) in [6.07, 6.45) is 6.57. The molecule has 7 nitrogen and oxygen atoms in total. The van der Waals surface area contributed by atoms with Crippen LogP contribution in [0.3, 0.4) is 0 Å². The summed E-state index contributed by atoms with van der Waals surface area (Å²) in [6, 6.07) is 7.67. The number of rotatable bonds is 6. The van der Waals surface area contributed by atoms with Gasteiger partial charge in [-0.15, -0.1) is 0 Å². The van der Waals surface area contributed by atoms with Crippen molar-refractivity contribution in [2.24, 2.45) is 0 Å². The molecular formula is C21H27N3O4. The van der Waals surface area contributed by atoms with Crippen LogP contribution in [0.2, 0.25) is 0 Å². The first-order valence-corrected chi connectivity index (χ1v) is 10.0. The molecule has 0 spiro atoms. The van der Waals surface area contributed by atoms with Gasteiger partial charge in [0, 0.05) is 30.4 Å². The molecule has 2 aliphatic rings. The Morgan fingerprint density at radius 1 is 1.21 bits per heavy atom. The second kappa shape index (κ2) is 8.75. The van der Waals surface area contributed by atoms with Gasteiger partial charge >= 0.3 is 0 Å². The van der Waals surface area contributed by atoms with Crippen LogP contribution in [0, 0.1) is 0 Å². The average Bonchev–Trinajstić information content (AvgIpc) is 3.41. The van der Waals surface area contributed by atoms with E-state index in [-0.39, 0.29) is 25.2 Å². The van der Waals surface area contributed by atoms with Crippen LogP contribution in [0.4, 0.5) is 0 Å². The first-order chi connectivity index (χ1) is 13.7. The van der Waals surface area contributed by atoms with E-state index in [1.54, 1.807) is 4.68 Å². The van der Waals surface area contributed by atoms with E-state index in [0.717, 1.165) is 35.4 Å². The van der Waals surface area contributed by atoms with Crippen molar-refractivity contribution in [3.05, 3.63) is 36.0 Å². The maximum atomic E-state index is 12.4. The van der Waals surface area contributed by atoms with Crippen LogP contribution in [0.25, 0.3) is 11.3 Å². The van der Waals surface area contributed by atoms with Gasteiger partial charge in [-0.3, -0.25) is 9.48 Å². The zero-order chi connectivity index (χ0) is 19.3. The third-order valence-corrected chi connectivity index (χ3v) is 5.43. The van der Waals surface area contributed by atoms with Gasteiger partial charge in [0.1, 0.15) is 12.3 Å². The van der Waals surface area contributed by atoms with Crippen molar-refractivity contribution in [3.63, 3.8) is 0 Å². The van der Waals surface area contributed by atoms with Crippen molar-refractivity contribution in [3.8, 4) is 17.0 Å². The molecule has 28 heavy (non-hydrogen) atoms. The summed E-state index contributed by atoms with van der Waals surface area (Å²) in [5.41, 5.74) is 2.50. The zero-order valence-corrected chi connectivity index (χ0v) is 16.0. The van der Waals surface area contributed by atoms with Crippen LogP contribution >= 0.6 is 0 Å². The van der Waals surface area contributed by atoms with Gasteiger partial charge < -0.3 is 19.5 Å². The fraction of sp³-hybridized carbons (Fsp3) is 0.524. The number of amides is 1. The Morgan fingerprint density at radius 3 is 2.75 bits per heavy atom. The predicted molar refractivity (Wildman–Crippen MR) is 104 cm³/mol. The van der Waals surface area contributed by atoms with Crippen LogP contribution in [0.1, 0.15) is 31.2 Å². The van der Waals surface area contributed by atoms with Gasteiger partial charge in [-0.1, -0.05) is 12.1 Å². The number of aliphatic hydroxyl groups excluding tert-OH is 1. The second-order valence-electron chi connectivity index (χ2n) is 7.40.